The van der Waals surface area contributed by atoms with Crippen LogP contribution >= 0.6 is 0 Å². The molecule has 4 saturated heterocycles. The number of rotatable bonds is 18. The number of hydrogen-bond donors (Lipinski definition) is 4. The summed E-state index contributed by atoms with van der Waals surface area (Å²) in [5.74, 6) is -2.11. The standard InChI is InChI=1S/C57H72N10O8/c1-5-66(43-17-29-75-30-18-43)49-33-42(32-45(39(49)4)53(70)59-34-46-37(2)31-38(3)60-54(46)71)41-13-11-40(12-14-41)35-63-21-23-64(24-22-63)36-51(69)65-27-25-62(26-28-65)20-7-6-19-58-47-10-8-9-44-52(47)57(74)67(56(44)73)48-15-16-50(68)61-55(48)72/h8-14,31-33,43,48,58H,5-7,15-30,34-36H2,1-4H3,(H,59,70)(H,60,71)(H,61,68,72). The molecule has 0 aliphatic carbocycles. The molecule has 0 bridgehead atoms. The zero-order chi connectivity index (χ0) is 52.8. The molecule has 6 amide bonds. The third-order valence-electron chi connectivity index (χ3n) is 15.8. The van der Waals surface area contributed by atoms with Crippen molar-refractivity contribution >= 4 is 46.8 Å². The summed E-state index contributed by atoms with van der Waals surface area (Å²) in [6.45, 7) is 19.4. The SMILES string of the molecule is CCN(c1cc(-c2ccc(CN3CCN(CC(=O)N4CCN(CCCCNc5cccc6c5C(=O)N(C5CCC(=O)NC5=O)C6=O)CC4)CC3)cc2)cc(C(=O)NCc2c(C)cc(C)[nH]c2=O)c1C)C1CCOCC1. The van der Waals surface area contributed by atoms with E-state index in [1.165, 1.54) is 5.56 Å². The minimum atomic E-state index is -1.00. The van der Waals surface area contributed by atoms with Gasteiger partial charge in [-0.05, 0) is 124 Å². The fraction of sp³-hybridized carbons (Fsp3) is 0.491. The molecule has 9 rings (SSSR count). The molecule has 1 aromatic heterocycles. The van der Waals surface area contributed by atoms with E-state index in [2.05, 4.69) is 77.8 Å². The minimum Gasteiger partial charge on any atom is -0.384 e. The van der Waals surface area contributed by atoms with Crippen LogP contribution < -0.4 is 26.4 Å². The summed E-state index contributed by atoms with van der Waals surface area (Å²) in [6.07, 6.45) is 3.79. The Bertz CT molecular complexity index is 2850. The highest BCUT2D eigenvalue weighted by Crippen LogP contribution is 2.35. The van der Waals surface area contributed by atoms with Gasteiger partial charge in [0.15, 0.2) is 0 Å². The van der Waals surface area contributed by atoms with Gasteiger partial charge < -0.3 is 30.2 Å². The van der Waals surface area contributed by atoms with E-state index in [9.17, 15) is 33.6 Å². The molecule has 18 nitrogen and oxygen atoms in total. The van der Waals surface area contributed by atoms with E-state index in [0.29, 0.717) is 62.2 Å². The van der Waals surface area contributed by atoms with Crippen LogP contribution in [0.15, 0.2) is 65.5 Å². The van der Waals surface area contributed by atoms with E-state index in [1.54, 1.807) is 18.2 Å². The smallest absolute Gasteiger partial charge is 0.264 e. The Morgan fingerprint density at radius 3 is 2.21 bits per heavy atom. The first-order chi connectivity index (χ1) is 36.3. The van der Waals surface area contributed by atoms with Crippen molar-refractivity contribution in [3.8, 4) is 11.1 Å². The van der Waals surface area contributed by atoms with Gasteiger partial charge in [0.25, 0.3) is 23.3 Å². The number of piperidine rings is 1. The Kier molecular flexibility index (Phi) is 16.9. The quantitative estimate of drug-likeness (QED) is 0.0806. The van der Waals surface area contributed by atoms with E-state index in [4.69, 9.17) is 4.74 Å². The van der Waals surface area contributed by atoms with Crippen LogP contribution in [0.4, 0.5) is 11.4 Å². The summed E-state index contributed by atoms with van der Waals surface area (Å²) >= 11 is 0. The third-order valence-corrected chi connectivity index (χ3v) is 15.8. The van der Waals surface area contributed by atoms with Crippen LogP contribution in [0.1, 0.15) is 104 Å². The highest BCUT2D eigenvalue weighted by Gasteiger charge is 2.45. The Morgan fingerprint density at radius 1 is 0.787 bits per heavy atom. The first-order valence-corrected chi connectivity index (χ1v) is 26.9. The summed E-state index contributed by atoms with van der Waals surface area (Å²) in [7, 11) is 0. The summed E-state index contributed by atoms with van der Waals surface area (Å²) in [5, 5.41) is 8.63. The molecule has 6 heterocycles. The van der Waals surface area contributed by atoms with Gasteiger partial charge in [0, 0.05) is 132 Å². The molecule has 0 spiro atoms. The summed E-state index contributed by atoms with van der Waals surface area (Å²) < 4.78 is 5.71. The third kappa shape index (κ3) is 12.2. The predicted molar refractivity (Wildman–Crippen MR) is 287 cm³/mol. The van der Waals surface area contributed by atoms with Crippen LogP contribution in [0, 0.1) is 20.8 Å². The van der Waals surface area contributed by atoms with E-state index in [1.807, 2.05) is 37.8 Å². The normalized spacial score (nSPS) is 19.1. The van der Waals surface area contributed by atoms with Gasteiger partial charge in [-0.2, -0.15) is 0 Å². The van der Waals surface area contributed by atoms with Gasteiger partial charge in [-0.1, -0.05) is 30.3 Å². The van der Waals surface area contributed by atoms with Crippen molar-refractivity contribution in [1.82, 2.24) is 40.1 Å². The van der Waals surface area contributed by atoms with Crippen molar-refractivity contribution < 1.29 is 33.5 Å². The zero-order valence-corrected chi connectivity index (χ0v) is 43.9. The Hall–Kier alpha value is -6.73. The van der Waals surface area contributed by atoms with Crippen molar-refractivity contribution in [2.45, 2.75) is 91.4 Å². The fourth-order valence-corrected chi connectivity index (χ4v) is 11.4. The number of anilines is 2. The number of nitrogens with one attached hydrogen (secondary N) is 4. The van der Waals surface area contributed by atoms with E-state index in [0.717, 1.165) is 123 Å². The molecular weight excluding hydrogens is 953 g/mol. The lowest BCUT2D eigenvalue weighted by atomic mass is 9.94. The van der Waals surface area contributed by atoms with Crippen molar-refractivity contribution in [3.05, 3.63) is 116 Å². The number of pyridine rings is 1. The average Bonchev–Trinajstić information content (AvgIpc) is 3.69. The number of H-pyrrole nitrogens is 1. The summed E-state index contributed by atoms with van der Waals surface area (Å²) in [4.78, 5) is 106. The lowest BCUT2D eigenvalue weighted by Gasteiger charge is -2.38. The molecule has 4 aromatic rings. The van der Waals surface area contributed by atoms with Gasteiger partial charge in [-0.3, -0.25) is 58.5 Å². The number of carbonyl (C=O) groups excluding carboxylic acids is 6. The molecule has 398 valence electrons. The first kappa shape index (κ1) is 53.1. The Balaban J connectivity index is 0.718. The summed E-state index contributed by atoms with van der Waals surface area (Å²) in [6, 6.07) is 19.2. The molecule has 4 N–H and O–H groups in total. The van der Waals surface area contributed by atoms with Gasteiger partial charge in [-0.15, -0.1) is 0 Å². The number of hydrogen-bond acceptors (Lipinski definition) is 13. The van der Waals surface area contributed by atoms with Gasteiger partial charge in [-0.25, -0.2) is 0 Å². The molecule has 5 aliphatic rings. The van der Waals surface area contributed by atoms with Crippen LogP contribution in [0.5, 0.6) is 0 Å². The molecule has 0 radical (unpaired) electrons. The minimum absolute atomic E-state index is 0.0734. The predicted octanol–water partition coefficient (Wildman–Crippen LogP) is 4.46. The number of nitrogens with zero attached hydrogens (tertiary/aromatic N) is 6. The largest absolute Gasteiger partial charge is 0.384 e. The topological polar surface area (TPSA) is 200 Å². The second-order valence-corrected chi connectivity index (χ2v) is 20.7. The van der Waals surface area contributed by atoms with E-state index in [-0.39, 0.29) is 47.9 Å². The maximum absolute atomic E-state index is 14.0. The number of carbonyl (C=O) groups is 6. The number of amides is 6. The van der Waals surface area contributed by atoms with Crippen molar-refractivity contribution in [2.24, 2.45) is 0 Å². The molecule has 4 fully saturated rings. The van der Waals surface area contributed by atoms with E-state index >= 15 is 0 Å². The van der Waals surface area contributed by atoms with Gasteiger partial charge >= 0.3 is 0 Å². The van der Waals surface area contributed by atoms with Gasteiger partial charge in [0.2, 0.25) is 17.7 Å². The first-order valence-electron chi connectivity index (χ1n) is 26.9. The van der Waals surface area contributed by atoms with Crippen LogP contribution in [0.25, 0.3) is 11.1 Å². The molecule has 3 aromatic carbocycles. The maximum Gasteiger partial charge on any atom is 0.264 e. The van der Waals surface area contributed by atoms with Crippen LogP contribution in [0.3, 0.4) is 0 Å². The number of fused-ring (bicyclic) bond motifs is 1. The molecule has 0 saturated carbocycles. The number of ether oxygens (including phenoxy) is 1. The monoisotopic (exact) mass is 1020 g/mol. The lowest BCUT2D eigenvalue weighted by molar-refractivity contribution is -0.136. The molecule has 1 atom stereocenters. The molecule has 5 aliphatic heterocycles. The van der Waals surface area contributed by atoms with Crippen LogP contribution in [-0.4, -0.2) is 169 Å². The second kappa shape index (κ2) is 23.9. The zero-order valence-electron chi connectivity index (χ0n) is 43.9. The van der Waals surface area contributed by atoms with Crippen molar-refractivity contribution in [1.29, 1.82) is 0 Å². The number of piperazine rings is 2. The highest BCUT2D eigenvalue weighted by atomic mass is 16.5. The fourth-order valence-electron chi connectivity index (χ4n) is 11.4. The number of aryl methyl sites for hydroxylation is 2. The number of aromatic nitrogens is 1. The van der Waals surface area contributed by atoms with Crippen molar-refractivity contribution in [2.75, 3.05) is 102 Å². The van der Waals surface area contributed by atoms with Gasteiger partial charge in [0.1, 0.15) is 6.04 Å². The molecular formula is C57H72N10O8. The molecule has 18 heteroatoms. The molecule has 1 unspecified atom stereocenters. The number of unbranched alkanes of at least 4 members (excludes halogenated alkanes) is 1. The number of imide groups is 2. The number of benzene rings is 3. The van der Waals surface area contributed by atoms with Crippen LogP contribution in [0.2, 0.25) is 0 Å². The van der Waals surface area contributed by atoms with E-state index < -0.39 is 29.7 Å². The molecule has 75 heavy (non-hydrogen) atoms. The Morgan fingerprint density at radius 2 is 1.51 bits per heavy atom. The van der Waals surface area contributed by atoms with Crippen molar-refractivity contribution in [3.63, 3.8) is 0 Å². The average molecular weight is 1030 g/mol. The van der Waals surface area contributed by atoms with Crippen LogP contribution in [-0.2, 0) is 32.2 Å². The maximum atomic E-state index is 14.0. The highest BCUT2D eigenvalue weighted by molar-refractivity contribution is 6.25. The summed E-state index contributed by atoms with van der Waals surface area (Å²) in [5.41, 5.74) is 8.80. The second-order valence-electron chi connectivity index (χ2n) is 20.7. The lowest BCUT2D eigenvalue weighted by Crippen LogP contribution is -2.54. The van der Waals surface area contributed by atoms with Gasteiger partial charge in [0.05, 0.1) is 17.7 Å². The Labute approximate surface area is 439 Å². The number of aromatic amines is 1.